The van der Waals surface area contributed by atoms with Crippen LogP contribution in [0, 0.1) is 13.8 Å². The Morgan fingerprint density at radius 3 is 2.52 bits per heavy atom. The third kappa shape index (κ3) is 3.68. The van der Waals surface area contributed by atoms with Gasteiger partial charge in [-0.15, -0.1) is 11.3 Å². The monoisotopic (exact) mass is 386 g/mol. The number of anilines is 1. The standard InChI is InChI=1S/C18H15BrN2OS/c1-11-3-4-14(9-12(11)2)17(22)21-18-20-16(10-23-18)13-5-7-15(19)8-6-13/h3-10H,1-2H3,(H,20,21,22). The largest absolute Gasteiger partial charge is 0.298 e. The Hall–Kier alpha value is -1.98. The molecule has 0 radical (unpaired) electrons. The minimum Gasteiger partial charge on any atom is -0.298 e. The lowest BCUT2D eigenvalue weighted by Crippen LogP contribution is -2.12. The third-order valence-electron chi connectivity index (χ3n) is 3.63. The van der Waals surface area contributed by atoms with Crippen molar-refractivity contribution < 1.29 is 4.79 Å². The molecule has 116 valence electrons. The maximum absolute atomic E-state index is 12.3. The molecule has 23 heavy (non-hydrogen) atoms. The number of halogens is 1. The molecule has 0 saturated heterocycles. The van der Waals surface area contributed by atoms with E-state index >= 15 is 0 Å². The van der Waals surface area contributed by atoms with Gasteiger partial charge in [-0.3, -0.25) is 10.1 Å². The average Bonchev–Trinajstić information content (AvgIpc) is 2.99. The molecule has 0 spiro atoms. The number of aromatic nitrogens is 1. The number of benzene rings is 2. The van der Waals surface area contributed by atoms with Gasteiger partial charge in [0.15, 0.2) is 5.13 Å². The van der Waals surface area contributed by atoms with Crippen molar-refractivity contribution >= 4 is 38.3 Å². The van der Waals surface area contributed by atoms with Crippen molar-refractivity contribution in [1.82, 2.24) is 4.98 Å². The number of thiazole rings is 1. The highest BCUT2D eigenvalue weighted by Gasteiger charge is 2.10. The molecule has 0 unspecified atom stereocenters. The normalized spacial score (nSPS) is 10.6. The van der Waals surface area contributed by atoms with E-state index in [1.165, 1.54) is 16.9 Å². The molecular weight excluding hydrogens is 372 g/mol. The van der Waals surface area contributed by atoms with E-state index in [4.69, 9.17) is 0 Å². The van der Waals surface area contributed by atoms with Gasteiger partial charge in [-0.2, -0.15) is 0 Å². The third-order valence-corrected chi connectivity index (χ3v) is 4.92. The van der Waals surface area contributed by atoms with Crippen LogP contribution < -0.4 is 5.32 Å². The minimum absolute atomic E-state index is 0.134. The van der Waals surface area contributed by atoms with Gasteiger partial charge in [0, 0.05) is 21.0 Å². The summed E-state index contributed by atoms with van der Waals surface area (Å²) in [5.41, 5.74) is 4.81. The first kappa shape index (κ1) is 15.9. The van der Waals surface area contributed by atoms with Crippen molar-refractivity contribution in [3.63, 3.8) is 0 Å². The lowest BCUT2D eigenvalue weighted by atomic mass is 10.1. The van der Waals surface area contributed by atoms with Crippen molar-refractivity contribution in [1.29, 1.82) is 0 Å². The topological polar surface area (TPSA) is 42.0 Å². The van der Waals surface area contributed by atoms with Gasteiger partial charge in [-0.1, -0.05) is 34.1 Å². The summed E-state index contributed by atoms with van der Waals surface area (Å²) in [6.45, 7) is 4.03. The van der Waals surface area contributed by atoms with Crippen LogP contribution in [0.15, 0.2) is 52.3 Å². The highest BCUT2D eigenvalue weighted by molar-refractivity contribution is 9.10. The first-order valence-corrected chi connectivity index (χ1v) is 8.80. The van der Waals surface area contributed by atoms with Crippen LogP contribution in [0.3, 0.4) is 0 Å². The van der Waals surface area contributed by atoms with Crippen LogP contribution >= 0.6 is 27.3 Å². The number of aryl methyl sites for hydroxylation is 2. The number of nitrogens with one attached hydrogen (secondary N) is 1. The molecule has 0 atom stereocenters. The van der Waals surface area contributed by atoms with Gasteiger partial charge in [-0.05, 0) is 49.2 Å². The Labute approximate surface area is 147 Å². The lowest BCUT2D eigenvalue weighted by molar-refractivity contribution is 0.102. The molecule has 0 aliphatic rings. The highest BCUT2D eigenvalue weighted by atomic mass is 79.9. The summed E-state index contributed by atoms with van der Waals surface area (Å²) in [7, 11) is 0. The highest BCUT2D eigenvalue weighted by Crippen LogP contribution is 2.26. The Balaban J connectivity index is 1.77. The zero-order valence-electron chi connectivity index (χ0n) is 12.8. The Kier molecular flexibility index (Phi) is 4.59. The van der Waals surface area contributed by atoms with Gasteiger partial charge >= 0.3 is 0 Å². The van der Waals surface area contributed by atoms with Crippen molar-refractivity contribution in [3.05, 3.63) is 69.0 Å². The molecule has 2 aromatic carbocycles. The van der Waals surface area contributed by atoms with E-state index in [0.29, 0.717) is 10.7 Å². The zero-order chi connectivity index (χ0) is 16.4. The van der Waals surface area contributed by atoms with E-state index in [1.807, 2.05) is 61.7 Å². The van der Waals surface area contributed by atoms with Crippen molar-refractivity contribution in [2.45, 2.75) is 13.8 Å². The molecule has 1 amide bonds. The predicted octanol–water partition coefficient (Wildman–Crippen LogP) is 5.44. The maximum atomic E-state index is 12.3. The predicted molar refractivity (Wildman–Crippen MR) is 99.1 cm³/mol. The van der Waals surface area contributed by atoms with E-state index in [1.54, 1.807) is 0 Å². The summed E-state index contributed by atoms with van der Waals surface area (Å²) < 4.78 is 1.03. The zero-order valence-corrected chi connectivity index (χ0v) is 15.2. The Bertz CT molecular complexity index is 856. The van der Waals surface area contributed by atoms with E-state index in [2.05, 4.69) is 26.2 Å². The summed E-state index contributed by atoms with van der Waals surface area (Å²) in [5.74, 6) is -0.134. The smallest absolute Gasteiger partial charge is 0.257 e. The lowest BCUT2D eigenvalue weighted by Gasteiger charge is -2.05. The number of rotatable bonds is 3. The first-order valence-electron chi connectivity index (χ1n) is 7.13. The average molecular weight is 387 g/mol. The number of amides is 1. The minimum atomic E-state index is -0.134. The summed E-state index contributed by atoms with van der Waals surface area (Å²) >= 11 is 4.84. The first-order chi connectivity index (χ1) is 11.0. The SMILES string of the molecule is Cc1ccc(C(=O)Nc2nc(-c3ccc(Br)cc3)cs2)cc1C. The van der Waals surface area contributed by atoms with E-state index in [-0.39, 0.29) is 5.91 Å². The molecule has 0 aliphatic carbocycles. The number of hydrogen-bond acceptors (Lipinski definition) is 3. The second-order valence-corrected chi connectivity index (χ2v) is 7.07. The second kappa shape index (κ2) is 6.64. The number of hydrogen-bond donors (Lipinski definition) is 1. The van der Waals surface area contributed by atoms with Crippen LogP contribution in [0.5, 0.6) is 0 Å². The molecule has 1 N–H and O–H groups in total. The quantitative estimate of drug-likeness (QED) is 0.650. The van der Waals surface area contributed by atoms with Crippen LogP contribution in [-0.2, 0) is 0 Å². The van der Waals surface area contributed by atoms with Crippen molar-refractivity contribution in [2.75, 3.05) is 5.32 Å². The molecule has 1 heterocycles. The maximum Gasteiger partial charge on any atom is 0.257 e. The van der Waals surface area contributed by atoms with Crippen molar-refractivity contribution in [2.24, 2.45) is 0 Å². The van der Waals surface area contributed by atoms with Crippen LogP contribution in [-0.4, -0.2) is 10.9 Å². The van der Waals surface area contributed by atoms with Gasteiger partial charge < -0.3 is 0 Å². The molecule has 3 aromatic rings. The number of carbonyl (C=O) groups excluding carboxylic acids is 1. The molecule has 5 heteroatoms. The number of carbonyl (C=O) groups is 1. The molecule has 1 aromatic heterocycles. The molecule has 0 fully saturated rings. The molecular formula is C18H15BrN2OS. The van der Waals surface area contributed by atoms with Crippen LogP contribution in [0.4, 0.5) is 5.13 Å². The van der Waals surface area contributed by atoms with Crippen LogP contribution in [0.2, 0.25) is 0 Å². The summed E-state index contributed by atoms with van der Waals surface area (Å²) in [4.78, 5) is 16.8. The van der Waals surface area contributed by atoms with Crippen molar-refractivity contribution in [3.8, 4) is 11.3 Å². The van der Waals surface area contributed by atoms with Gasteiger partial charge in [-0.25, -0.2) is 4.98 Å². The van der Waals surface area contributed by atoms with E-state index in [9.17, 15) is 4.79 Å². The van der Waals surface area contributed by atoms with E-state index in [0.717, 1.165) is 21.3 Å². The second-order valence-electron chi connectivity index (χ2n) is 5.30. The molecule has 3 nitrogen and oxygen atoms in total. The molecule has 0 bridgehead atoms. The number of nitrogens with zero attached hydrogens (tertiary/aromatic N) is 1. The van der Waals surface area contributed by atoms with E-state index < -0.39 is 0 Å². The molecule has 3 rings (SSSR count). The summed E-state index contributed by atoms with van der Waals surface area (Å²) in [6.07, 6.45) is 0. The Morgan fingerprint density at radius 2 is 1.83 bits per heavy atom. The fraction of sp³-hybridized carbons (Fsp3) is 0.111. The molecule has 0 saturated carbocycles. The van der Waals surface area contributed by atoms with Crippen LogP contribution in [0.1, 0.15) is 21.5 Å². The summed E-state index contributed by atoms with van der Waals surface area (Å²) in [6, 6.07) is 13.6. The fourth-order valence-electron chi connectivity index (χ4n) is 2.14. The Morgan fingerprint density at radius 1 is 1.09 bits per heavy atom. The molecule has 0 aliphatic heterocycles. The van der Waals surface area contributed by atoms with Crippen LogP contribution in [0.25, 0.3) is 11.3 Å². The summed E-state index contributed by atoms with van der Waals surface area (Å²) in [5, 5.41) is 5.41. The van der Waals surface area contributed by atoms with Gasteiger partial charge in [0.1, 0.15) is 0 Å². The fourth-order valence-corrected chi connectivity index (χ4v) is 3.12. The van der Waals surface area contributed by atoms with Gasteiger partial charge in [0.25, 0.3) is 5.91 Å². The van der Waals surface area contributed by atoms with Gasteiger partial charge in [0.05, 0.1) is 5.69 Å². The van der Waals surface area contributed by atoms with Gasteiger partial charge in [0.2, 0.25) is 0 Å².